The molecule has 2 aromatic carbocycles. The fourth-order valence-corrected chi connectivity index (χ4v) is 7.57. The average molecular weight is 694 g/mol. The second-order valence-corrected chi connectivity index (χ2v) is 19.8. The lowest BCUT2D eigenvalue weighted by Crippen LogP contribution is -2.24. The molecular formula is C36H49BrN4O3Si. The Morgan fingerprint density at radius 2 is 1.69 bits per heavy atom. The van der Waals surface area contributed by atoms with Crippen molar-refractivity contribution in [3.63, 3.8) is 0 Å². The molecule has 0 bridgehead atoms. The molecule has 1 aliphatic rings. The third kappa shape index (κ3) is 8.48. The van der Waals surface area contributed by atoms with Crippen molar-refractivity contribution < 1.29 is 14.2 Å². The summed E-state index contributed by atoms with van der Waals surface area (Å²) in [6, 6.07) is 16.1. The summed E-state index contributed by atoms with van der Waals surface area (Å²) in [6.45, 7) is 12.9. The first-order chi connectivity index (χ1) is 21.7. The second kappa shape index (κ2) is 15.1. The van der Waals surface area contributed by atoms with Gasteiger partial charge in [-0.2, -0.15) is 0 Å². The summed E-state index contributed by atoms with van der Waals surface area (Å²) in [5.41, 5.74) is 7.26. The van der Waals surface area contributed by atoms with Crippen LogP contribution in [-0.4, -0.2) is 56.5 Å². The Morgan fingerprint density at radius 1 is 0.956 bits per heavy atom. The lowest BCUT2D eigenvalue weighted by atomic mass is 9.98. The molecule has 3 heterocycles. The van der Waals surface area contributed by atoms with Gasteiger partial charge >= 0.3 is 0 Å². The molecule has 0 amide bonds. The smallest absolute Gasteiger partial charge is 0.162 e. The quantitative estimate of drug-likeness (QED) is 0.103. The first kappa shape index (κ1) is 33.5. The number of aromatic nitrogens is 3. The first-order valence-corrected chi connectivity index (χ1v) is 20.9. The third-order valence-corrected chi connectivity index (χ3v) is 11.4. The molecule has 242 valence electrons. The SMILES string of the molecule is CCC1CCCN(c2ccc(-c3c(Br)c4nc(CCc5cc(OC)cc(OC)c5)cnc4n3COCC[Si](C)(C)C)cc2)CC1. The largest absolute Gasteiger partial charge is 0.497 e. The van der Waals surface area contributed by atoms with Gasteiger partial charge in [0, 0.05) is 39.5 Å². The Morgan fingerprint density at radius 3 is 2.36 bits per heavy atom. The van der Waals surface area contributed by atoms with Crippen LogP contribution in [0.4, 0.5) is 5.69 Å². The number of methoxy groups -OCH3 is 2. The van der Waals surface area contributed by atoms with E-state index in [4.69, 9.17) is 24.2 Å². The maximum atomic E-state index is 6.29. The van der Waals surface area contributed by atoms with E-state index in [1.807, 2.05) is 24.4 Å². The van der Waals surface area contributed by atoms with Crippen molar-refractivity contribution in [3.8, 4) is 22.8 Å². The molecule has 9 heteroatoms. The Balaban J connectivity index is 1.42. The van der Waals surface area contributed by atoms with Crippen LogP contribution in [0.3, 0.4) is 0 Å². The molecule has 1 saturated heterocycles. The topological polar surface area (TPSA) is 61.6 Å². The van der Waals surface area contributed by atoms with Crippen LogP contribution in [0.25, 0.3) is 22.4 Å². The minimum atomic E-state index is -1.20. The van der Waals surface area contributed by atoms with E-state index < -0.39 is 8.07 Å². The van der Waals surface area contributed by atoms with Gasteiger partial charge in [-0.3, -0.25) is 4.57 Å². The lowest BCUT2D eigenvalue weighted by molar-refractivity contribution is 0.0908. The van der Waals surface area contributed by atoms with Crippen molar-refractivity contribution in [3.05, 3.63) is 64.4 Å². The number of benzene rings is 2. The maximum absolute atomic E-state index is 6.29. The molecule has 1 atom stereocenters. The van der Waals surface area contributed by atoms with Gasteiger partial charge in [0.05, 0.1) is 36.3 Å². The summed E-state index contributed by atoms with van der Waals surface area (Å²) in [6.07, 6.45) is 8.62. The van der Waals surface area contributed by atoms with Gasteiger partial charge in [0.1, 0.15) is 23.7 Å². The maximum Gasteiger partial charge on any atom is 0.162 e. The molecule has 4 aromatic rings. The Kier molecular flexibility index (Phi) is 11.3. The van der Waals surface area contributed by atoms with E-state index in [0.717, 1.165) is 94.2 Å². The molecule has 1 aliphatic heterocycles. The summed E-state index contributed by atoms with van der Waals surface area (Å²) in [7, 11) is 2.15. The number of hydrogen-bond acceptors (Lipinski definition) is 6. The molecule has 0 N–H and O–H groups in total. The zero-order valence-corrected chi connectivity index (χ0v) is 30.5. The summed E-state index contributed by atoms with van der Waals surface area (Å²) in [5.74, 6) is 2.43. The van der Waals surface area contributed by atoms with Crippen LogP contribution in [0, 0.1) is 5.92 Å². The zero-order valence-electron chi connectivity index (χ0n) is 27.9. The monoisotopic (exact) mass is 692 g/mol. The molecule has 45 heavy (non-hydrogen) atoms. The van der Waals surface area contributed by atoms with Gasteiger partial charge in [0.2, 0.25) is 0 Å². The van der Waals surface area contributed by atoms with E-state index in [2.05, 4.69) is 76.2 Å². The molecule has 0 spiro atoms. The van der Waals surface area contributed by atoms with E-state index in [1.165, 1.54) is 31.4 Å². The van der Waals surface area contributed by atoms with E-state index in [0.29, 0.717) is 6.73 Å². The molecule has 2 aromatic heterocycles. The molecule has 1 unspecified atom stereocenters. The number of nitrogens with zero attached hydrogens (tertiary/aromatic N) is 4. The van der Waals surface area contributed by atoms with Crippen LogP contribution in [0.15, 0.2) is 53.1 Å². The first-order valence-electron chi connectivity index (χ1n) is 16.4. The molecule has 5 rings (SSSR count). The highest BCUT2D eigenvalue weighted by atomic mass is 79.9. The predicted octanol–water partition coefficient (Wildman–Crippen LogP) is 8.99. The van der Waals surface area contributed by atoms with E-state index in [1.54, 1.807) is 14.2 Å². The number of rotatable bonds is 13. The van der Waals surface area contributed by atoms with Crippen molar-refractivity contribution >= 4 is 40.9 Å². The van der Waals surface area contributed by atoms with Crippen LogP contribution in [0.2, 0.25) is 25.7 Å². The van der Waals surface area contributed by atoms with E-state index in [-0.39, 0.29) is 0 Å². The van der Waals surface area contributed by atoms with Crippen LogP contribution in [0.5, 0.6) is 11.5 Å². The van der Waals surface area contributed by atoms with E-state index in [9.17, 15) is 0 Å². The van der Waals surface area contributed by atoms with Crippen LogP contribution < -0.4 is 14.4 Å². The van der Waals surface area contributed by atoms with Gasteiger partial charge < -0.3 is 19.1 Å². The molecule has 0 saturated carbocycles. The van der Waals surface area contributed by atoms with Crippen molar-refractivity contribution in [2.24, 2.45) is 5.92 Å². The van der Waals surface area contributed by atoms with Crippen molar-refractivity contribution in [1.82, 2.24) is 14.5 Å². The van der Waals surface area contributed by atoms with E-state index >= 15 is 0 Å². The number of fused-ring (bicyclic) bond motifs is 1. The van der Waals surface area contributed by atoms with Crippen molar-refractivity contribution in [2.45, 2.75) is 77.9 Å². The van der Waals surface area contributed by atoms with Gasteiger partial charge in [-0.1, -0.05) is 45.1 Å². The zero-order chi connectivity index (χ0) is 32.0. The number of anilines is 1. The normalized spacial score (nSPS) is 15.8. The molecule has 7 nitrogen and oxygen atoms in total. The summed E-state index contributed by atoms with van der Waals surface area (Å²) in [5, 5.41) is 0. The fourth-order valence-electron chi connectivity index (χ4n) is 6.11. The minimum Gasteiger partial charge on any atom is -0.497 e. The number of halogens is 1. The van der Waals surface area contributed by atoms with Gasteiger partial charge in [-0.15, -0.1) is 0 Å². The second-order valence-electron chi connectivity index (χ2n) is 13.4. The van der Waals surface area contributed by atoms with Crippen molar-refractivity contribution in [2.75, 3.05) is 38.8 Å². The molecule has 1 fully saturated rings. The number of ether oxygens (including phenoxy) is 3. The summed E-state index contributed by atoms with van der Waals surface area (Å²) >= 11 is 3.95. The Labute approximate surface area is 278 Å². The van der Waals surface area contributed by atoms with Crippen LogP contribution in [0.1, 0.15) is 43.9 Å². The summed E-state index contributed by atoms with van der Waals surface area (Å²) < 4.78 is 20.4. The molecule has 0 aliphatic carbocycles. The highest BCUT2D eigenvalue weighted by Crippen LogP contribution is 2.38. The molecular weight excluding hydrogens is 644 g/mol. The van der Waals surface area contributed by atoms with Gasteiger partial charge in [-0.05, 0) is 95.4 Å². The number of hydrogen-bond donors (Lipinski definition) is 0. The van der Waals surface area contributed by atoms with Crippen molar-refractivity contribution in [1.29, 1.82) is 0 Å². The standard InChI is InChI=1S/C36H49BrN4O3Si/c1-7-26-9-8-17-40(18-16-26)30-14-11-28(12-15-30)35-33(37)34-36(41(35)25-44-19-20-45(4,5)6)38-24-29(39-34)13-10-27-21-31(42-2)23-32(22-27)43-3/h11-12,14-15,21-24,26H,7-10,13,16-20,25H2,1-6H3. The summed E-state index contributed by atoms with van der Waals surface area (Å²) in [4.78, 5) is 12.6. The van der Waals surface area contributed by atoms with Crippen LogP contribution >= 0.6 is 15.9 Å². The average Bonchev–Trinajstić information content (AvgIpc) is 3.16. The minimum absolute atomic E-state index is 0.436. The lowest BCUT2D eigenvalue weighted by Gasteiger charge is -2.23. The highest BCUT2D eigenvalue weighted by molar-refractivity contribution is 9.10. The van der Waals surface area contributed by atoms with Crippen LogP contribution in [-0.2, 0) is 24.3 Å². The number of aryl methyl sites for hydroxylation is 2. The fraction of sp³-hybridized carbons (Fsp3) is 0.500. The highest BCUT2D eigenvalue weighted by Gasteiger charge is 2.22. The predicted molar refractivity (Wildman–Crippen MR) is 192 cm³/mol. The third-order valence-electron chi connectivity index (χ3n) is 8.97. The Hall–Kier alpha value is -2.88. The van der Waals surface area contributed by atoms with Gasteiger partial charge in [0.25, 0.3) is 0 Å². The van der Waals surface area contributed by atoms with Gasteiger partial charge in [0.15, 0.2) is 5.65 Å². The molecule has 0 radical (unpaired) electrons. The van der Waals surface area contributed by atoms with Gasteiger partial charge in [-0.25, -0.2) is 9.97 Å². The Bertz CT molecular complexity index is 1550.